The molecule has 0 aromatic heterocycles. The van der Waals surface area contributed by atoms with Gasteiger partial charge in [0.15, 0.2) is 0 Å². The van der Waals surface area contributed by atoms with E-state index in [-0.39, 0.29) is 18.5 Å². The summed E-state index contributed by atoms with van der Waals surface area (Å²) in [4.78, 5) is 24.5. The molecule has 1 amide bonds. The number of rotatable bonds is 5. The lowest BCUT2D eigenvalue weighted by molar-refractivity contribution is -0.132. The maximum atomic E-state index is 12.9. The topological polar surface area (TPSA) is 73.9 Å². The summed E-state index contributed by atoms with van der Waals surface area (Å²) >= 11 is 0. The number of anilines is 1. The number of ether oxygens (including phenoxy) is 3. The van der Waals surface area contributed by atoms with Crippen LogP contribution in [0.1, 0.15) is 29.2 Å². The molecule has 0 bridgehead atoms. The molecule has 33 heavy (non-hydrogen) atoms. The summed E-state index contributed by atoms with van der Waals surface area (Å²) in [7, 11) is 0. The van der Waals surface area contributed by atoms with Crippen molar-refractivity contribution in [3.05, 3.63) is 82.4 Å². The third kappa shape index (κ3) is 4.75. The Morgan fingerprint density at radius 1 is 0.879 bits per heavy atom. The number of para-hydroxylation sites is 1. The molecule has 4 rings (SSSR count). The number of hydrogen-bond acceptors (Lipinski definition) is 5. The van der Waals surface area contributed by atoms with Gasteiger partial charge in [-0.2, -0.15) is 0 Å². The van der Waals surface area contributed by atoms with E-state index in [2.05, 4.69) is 5.32 Å². The first-order valence-corrected chi connectivity index (χ1v) is 10.6. The van der Waals surface area contributed by atoms with Gasteiger partial charge in [-0.1, -0.05) is 18.2 Å². The first kappa shape index (κ1) is 22.1. The number of esters is 1. The van der Waals surface area contributed by atoms with Gasteiger partial charge in [-0.3, -0.25) is 9.59 Å². The Balaban J connectivity index is 1.53. The predicted molar refractivity (Wildman–Crippen MR) is 127 cm³/mol. The van der Waals surface area contributed by atoms with Crippen molar-refractivity contribution in [1.82, 2.24) is 0 Å². The molecule has 6 heteroatoms. The molecule has 0 aliphatic carbocycles. The van der Waals surface area contributed by atoms with E-state index < -0.39 is 0 Å². The summed E-state index contributed by atoms with van der Waals surface area (Å²) in [6, 6.07) is 16.6. The number of hydrogen-bond donors (Lipinski definition) is 1. The van der Waals surface area contributed by atoms with Crippen LogP contribution in [0.4, 0.5) is 5.69 Å². The molecule has 1 N–H and O–H groups in total. The highest BCUT2D eigenvalue weighted by atomic mass is 16.5. The van der Waals surface area contributed by atoms with Crippen LogP contribution in [-0.4, -0.2) is 18.5 Å². The van der Waals surface area contributed by atoms with Crippen LogP contribution in [-0.2, 0) is 9.59 Å². The predicted octanol–water partition coefficient (Wildman–Crippen LogP) is 5.74. The van der Waals surface area contributed by atoms with Crippen LogP contribution in [0, 0.1) is 20.8 Å². The molecular weight excluding hydrogens is 418 g/mol. The number of benzene rings is 3. The molecular formula is C27H25NO5. The molecule has 1 aliphatic rings. The van der Waals surface area contributed by atoms with Crippen LogP contribution in [0.3, 0.4) is 0 Å². The van der Waals surface area contributed by atoms with Crippen LogP contribution in [0.2, 0.25) is 0 Å². The molecule has 0 atom stereocenters. The highest BCUT2D eigenvalue weighted by Crippen LogP contribution is 2.41. The van der Waals surface area contributed by atoms with Gasteiger partial charge in [-0.05, 0) is 74.4 Å². The van der Waals surface area contributed by atoms with Crippen molar-refractivity contribution in [1.29, 1.82) is 0 Å². The number of fused-ring (bicyclic) bond motifs is 1. The molecule has 3 aromatic rings. The zero-order valence-corrected chi connectivity index (χ0v) is 19.0. The van der Waals surface area contributed by atoms with Gasteiger partial charge in [0.2, 0.25) is 0 Å². The number of carbonyl (C=O) groups excluding carboxylic acids is 2. The zero-order valence-electron chi connectivity index (χ0n) is 19.0. The maximum Gasteiger partial charge on any atom is 0.308 e. The monoisotopic (exact) mass is 443 g/mol. The lowest BCUT2D eigenvalue weighted by Gasteiger charge is -2.24. The maximum absolute atomic E-state index is 12.9. The minimum atomic E-state index is -0.390. The van der Waals surface area contributed by atoms with Crippen molar-refractivity contribution in [2.75, 3.05) is 11.9 Å². The van der Waals surface area contributed by atoms with Crippen LogP contribution in [0.5, 0.6) is 23.0 Å². The van der Waals surface area contributed by atoms with Crippen LogP contribution in [0.25, 0.3) is 6.08 Å². The van der Waals surface area contributed by atoms with Crippen molar-refractivity contribution in [2.24, 2.45) is 0 Å². The van der Waals surface area contributed by atoms with Gasteiger partial charge in [0, 0.05) is 23.7 Å². The number of nitrogens with one attached hydrogen (secondary N) is 1. The fraction of sp³-hybridized carbons (Fsp3) is 0.185. The normalized spacial score (nSPS) is 12.2. The van der Waals surface area contributed by atoms with E-state index in [9.17, 15) is 9.59 Å². The van der Waals surface area contributed by atoms with E-state index in [0.717, 1.165) is 28.0 Å². The molecule has 0 fully saturated rings. The number of carbonyl (C=O) groups is 2. The van der Waals surface area contributed by atoms with Gasteiger partial charge < -0.3 is 19.5 Å². The Morgan fingerprint density at radius 3 is 2.21 bits per heavy atom. The molecule has 3 aromatic carbocycles. The smallest absolute Gasteiger partial charge is 0.308 e. The van der Waals surface area contributed by atoms with Crippen molar-refractivity contribution < 1.29 is 23.8 Å². The van der Waals surface area contributed by atoms with Crippen molar-refractivity contribution >= 4 is 23.6 Å². The molecule has 1 aliphatic heterocycles. The Morgan fingerprint density at radius 2 is 1.55 bits per heavy atom. The van der Waals surface area contributed by atoms with Gasteiger partial charge in [0.05, 0.1) is 5.57 Å². The van der Waals surface area contributed by atoms with Crippen molar-refractivity contribution in [3.8, 4) is 23.0 Å². The molecule has 168 valence electrons. The lowest BCUT2D eigenvalue weighted by Crippen LogP contribution is -2.22. The minimum absolute atomic E-state index is 0.153. The van der Waals surface area contributed by atoms with E-state index in [1.54, 1.807) is 30.3 Å². The lowest BCUT2D eigenvalue weighted by atomic mass is 9.94. The highest BCUT2D eigenvalue weighted by molar-refractivity contribution is 6.07. The first-order chi connectivity index (χ1) is 15.8. The Bertz CT molecular complexity index is 1240. The average molecular weight is 443 g/mol. The van der Waals surface area contributed by atoms with E-state index in [1.165, 1.54) is 6.92 Å². The fourth-order valence-electron chi connectivity index (χ4n) is 3.71. The summed E-state index contributed by atoms with van der Waals surface area (Å²) in [6.07, 6.45) is 1.80. The third-order valence-electron chi connectivity index (χ3n) is 5.55. The average Bonchev–Trinajstić information content (AvgIpc) is 2.82. The molecule has 0 unspecified atom stereocenters. The standard InChI is InChI=1S/C27H25NO5/c1-16-17(2)26-24(18(3)25(16)32-19(4)29)14-20(15-31-26)27(30)28-21-10-12-23(13-11-21)33-22-8-6-5-7-9-22/h5-14H,15H2,1-4H3,(H,28,30). The molecule has 0 saturated carbocycles. The van der Waals surface area contributed by atoms with Gasteiger partial charge in [0.25, 0.3) is 5.91 Å². The quantitative estimate of drug-likeness (QED) is 0.402. The summed E-state index contributed by atoms with van der Waals surface area (Å²) in [6.45, 7) is 7.19. The fourth-order valence-corrected chi connectivity index (χ4v) is 3.71. The van der Waals surface area contributed by atoms with Gasteiger partial charge in [0.1, 0.15) is 29.6 Å². The van der Waals surface area contributed by atoms with Gasteiger partial charge in [-0.15, -0.1) is 0 Å². The van der Waals surface area contributed by atoms with Crippen LogP contribution >= 0.6 is 0 Å². The SMILES string of the molecule is CC(=O)Oc1c(C)c(C)c2c(c1C)C=C(C(=O)Nc1ccc(Oc3ccccc3)cc1)CO2. The molecule has 0 saturated heterocycles. The number of amides is 1. The second kappa shape index (κ2) is 9.20. The summed E-state index contributed by atoms with van der Waals surface area (Å²) < 4.78 is 17.2. The van der Waals surface area contributed by atoms with E-state index in [0.29, 0.717) is 28.5 Å². The Hall–Kier alpha value is -4.06. The van der Waals surface area contributed by atoms with Gasteiger partial charge in [-0.25, -0.2) is 0 Å². The third-order valence-corrected chi connectivity index (χ3v) is 5.55. The molecule has 6 nitrogen and oxygen atoms in total. The minimum Gasteiger partial charge on any atom is -0.488 e. The Kier molecular flexibility index (Phi) is 6.18. The largest absolute Gasteiger partial charge is 0.488 e. The van der Waals surface area contributed by atoms with Crippen molar-refractivity contribution in [2.45, 2.75) is 27.7 Å². The Labute approximate surface area is 192 Å². The highest BCUT2D eigenvalue weighted by Gasteiger charge is 2.25. The second-order valence-corrected chi connectivity index (χ2v) is 7.89. The van der Waals surface area contributed by atoms with E-state index >= 15 is 0 Å². The van der Waals surface area contributed by atoms with Gasteiger partial charge >= 0.3 is 5.97 Å². The molecule has 1 heterocycles. The van der Waals surface area contributed by atoms with E-state index in [1.807, 2.05) is 51.1 Å². The summed E-state index contributed by atoms with van der Waals surface area (Å²) in [5.41, 5.74) is 4.36. The molecule has 0 spiro atoms. The van der Waals surface area contributed by atoms with Crippen LogP contribution < -0.4 is 19.5 Å². The summed E-state index contributed by atoms with van der Waals surface area (Å²) in [5, 5.41) is 2.90. The zero-order chi connectivity index (χ0) is 23.5. The van der Waals surface area contributed by atoms with E-state index in [4.69, 9.17) is 14.2 Å². The molecule has 0 radical (unpaired) electrons. The first-order valence-electron chi connectivity index (χ1n) is 10.6. The van der Waals surface area contributed by atoms with Crippen LogP contribution in [0.15, 0.2) is 60.2 Å². The second-order valence-electron chi connectivity index (χ2n) is 7.89. The van der Waals surface area contributed by atoms with Crippen molar-refractivity contribution in [3.63, 3.8) is 0 Å². The summed E-state index contributed by atoms with van der Waals surface area (Å²) in [5.74, 6) is 1.98.